The normalized spacial score (nSPS) is 19.6. The molecule has 2 aliphatic rings. The molecule has 0 spiro atoms. The van der Waals surface area contributed by atoms with Gasteiger partial charge < -0.3 is 10.1 Å². The van der Waals surface area contributed by atoms with Gasteiger partial charge in [-0.3, -0.25) is 4.79 Å². The SMILES string of the molecule is CC1=C(C(=O)OCCc2ccccc2)[C@H](c2cccc(Cl)c2)C2=C(C[C@H](c3ccccc3)CC2=O)N1. The zero-order valence-electron chi connectivity index (χ0n) is 20.2. The van der Waals surface area contributed by atoms with E-state index in [1.165, 1.54) is 0 Å². The van der Waals surface area contributed by atoms with Crippen molar-refractivity contribution in [3.8, 4) is 0 Å². The molecule has 5 rings (SSSR count). The Morgan fingerprint density at radius 3 is 2.36 bits per heavy atom. The molecule has 0 amide bonds. The van der Waals surface area contributed by atoms with E-state index in [2.05, 4.69) is 17.4 Å². The van der Waals surface area contributed by atoms with Crippen LogP contribution in [0.15, 0.2) is 107 Å². The molecule has 36 heavy (non-hydrogen) atoms. The Balaban J connectivity index is 1.47. The summed E-state index contributed by atoms with van der Waals surface area (Å²) < 4.78 is 5.74. The summed E-state index contributed by atoms with van der Waals surface area (Å²) in [5.41, 5.74) is 5.77. The Kier molecular flexibility index (Phi) is 7.06. The van der Waals surface area contributed by atoms with Crippen molar-refractivity contribution in [2.75, 3.05) is 6.61 Å². The Morgan fingerprint density at radius 2 is 1.64 bits per heavy atom. The lowest BCUT2D eigenvalue weighted by Gasteiger charge is -2.36. The summed E-state index contributed by atoms with van der Waals surface area (Å²) in [5.74, 6) is -0.791. The van der Waals surface area contributed by atoms with Crippen LogP contribution in [0.1, 0.15) is 48.3 Å². The first-order chi connectivity index (χ1) is 17.5. The molecule has 182 valence electrons. The maximum atomic E-state index is 13.6. The summed E-state index contributed by atoms with van der Waals surface area (Å²) in [7, 11) is 0. The van der Waals surface area contributed by atoms with Crippen LogP contribution in [0, 0.1) is 0 Å². The van der Waals surface area contributed by atoms with Crippen molar-refractivity contribution >= 4 is 23.4 Å². The van der Waals surface area contributed by atoms with Gasteiger partial charge >= 0.3 is 5.97 Å². The number of hydrogen-bond donors (Lipinski definition) is 1. The molecule has 1 N–H and O–H groups in total. The molecule has 0 unspecified atom stereocenters. The van der Waals surface area contributed by atoms with E-state index in [9.17, 15) is 9.59 Å². The van der Waals surface area contributed by atoms with Gasteiger partial charge in [0.05, 0.1) is 12.2 Å². The smallest absolute Gasteiger partial charge is 0.336 e. The van der Waals surface area contributed by atoms with Gasteiger partial charge in [-0.1, -0.05) is 84.4 Å². The van der Waals surface area contributed by atoms with Crippen LogP contribution in [0.25, 0.3) is 0 Å². The standard InChI is InChI=1S/C31H28ClNO3/c1-20-28(31(35)36-16-15-21-9-4-2-5-10-21)29(23-13-8-14-25(32)17-23)30-26(33-20)18-24(19-27(30)34)22-11-6-3-7-12-22/h2-14,17,24,29,33H,15-16,18-19H2,1H3/t24-,29-/m0/s1. The second-order valence-electron chi connectivity index (χ2n) is 9.35. The second kappa shape index (κ2) is 10.5. The molecule has 1 heterocycles. The predicted octanol–water partition coefficient (Wildman–Crippen LogP) is 6.49. The second-order valence-corrected chi connectivity index (χ2v) is 9.79. The molecule has 3 aromatic rings. The lowest BCUT2D eigenvalue weighted by molar-refractivity contribution is -0.139. The van der Waals surface area contributed by atoms with Gasteiger partial charge in [-0.05, 0) is 48.1 Å². The minimum Gasteiger partial charge on any atom is -0.462 e. The third-order valence-corrected chi connectivity index (χ3v) is 7.20. The molecule has 2 atom stereocenters. The number of halogens is 1. The summed E-state index contributed by atoms with van der Waals surface area (Å²) >= 11 is 6.35. The minimum atomic E-state index is -0.520. The van der Waals surface area contributed by atoms with Crippen molar-refractivity contribution in [1.82, 2.24) is 5.32 Å². The first-order valence-corrected chi connectivity index (χ1v) is 12.6. The largest absolute Gasteiger partial charge is 0.462 e. The summed E-state index contributed by atoms with van der Waals surface area (Å²) in [4.78, 5) is 27.1. The van der Waals surface area contributed by atoms with Crippen molar-refractivity contribution in [1.29, 1.82) is 0 Å². The van der Waals surface area contributed by atoms with Gasteiger partial charge in [-0.15, -0.1) is 0 Å². The number of rotatable bonds is 6. The summed E-state index contributed by atoms with van der Waals surface area (Å²) in [5, 5.41) is 3.97. The van der Waals surface area contributed by atoms with Gasteiger partial charge in [0, 0.05) is 40.7 Å². The maximum Gasteiger partial charge on any atom is 0.336 e. The van der Waals surface area contributed by atoms with E-state index >= 15 is 0 Å². The van der Waals surface area contributed by atoms with Crippen LogP contribution in [0.3, 0.4) is 0 Å². The van der Waals surface area contributed by atoms with E-state index in [0.29, 0.717) is 41.1 Å². The minimum absolute atomic E-state index is 0.0460. The number of Topliss-reactive ketones (excluding diaryl/α,β-unsaturated/α-hetero) is 1. The lowest BCUT2D eigenvalue weighted by atomic mass is 9.72. The molecule has 0 fully saturated rings. The third kappa shape index (κ3) is 5.00. The Morgan fingerprint density at radius 1 is 0.944 bits per heavy atom. The average Bonchev–Trinajstić information content (AvgIpc) is 2.89. The van der Waals surface area contributed by atoms with Crippen molar-refractivity contribution in [3.63, 3.8) is 0 Å². The molecular weight excluding hydrogens is 470 g/mol. The molecule has 5 heteroatoms. The van der Waals surface area contributed by atoms with E-state index in [4.69, 9.17) is 16.3 Å². The number of ketones is 1. The van der Waals surface area contributed by atoms with Crippen molar-refractivity contribution in [3.05, 3.63) is 129 Å². The summed E-state index contributed by atoms with van der Waals surface area (Å²) in [6.45, 7) is 2.14. The van der Waals surface area contributed by atoms with Crippen molar-refractivity contribution in [2.45, 2.75) is 38.0 Å². The number of allylic oxidation sites excluding steroid dienone is 3. The zero-order valence-corrected chi connectivity index (χ0v) is 20.9. The van der Waals surface area contributed by atoms with Crippen molar-refractivity contribution in [2.24, 2.45) is 0 Å². The molecule has 0 bridgehead atoms. The molecule has 1 aliphatic heterocycles. The van der Waals surface area contributed by atoms with Gasteiger partial charge in [0.25, 0.3) is 0 Å². The van der Waals surface area contributed by atoms with Crippen LogP contribution in [-0.4, -0.2) is 18.4 Å². The number of benzene rings is 3. The Labute approximate surface area is 216 Å². The number of nitrogens with one attached hydrogen (secondary N) is 1. The number of carbonyl (C=O) groups is 2. The van der Waals surface area contributed by atoms with E-state index in [0.717, 1.165) is 22.4 Å². The molecular formula is C31H28ClNO3. The Bertz CT molecular complexity index is 1340. The van der Waals surface area contributed by atoms with Gasteiger partial charge in [-0.25, -0.2) is 4.79 Å². The third-order valence-electron chi connectivity index (χ3n) is 6.97. The van der Waals surface area contributed by atoms with Gasteiger partial charge in [0.2, 0.25) is 0 Å². The highest BCUT2D eigenvalue weighted by Crippen LogP contribution is 2.46. The molecule has 0 saturated carbocycles. The molecule has 4 nitrogen and oxygen atoms in total. The van der Waals surface area contributed by atoms with Crippen LogP contribution in [-0.2, 0) is 20.7 Å². The van der Waals surface area contributed by atoms with E-state index in [1.807, 2.05) is 73.7 Å². The van der Waals surface area contributed by atoms with Crippen LogP contribution < -0.4 is 5.32 Å². The summed E-state index contributed by atoms with van der Waals surface area (Å²) in [6, 6.07) is 27.4. The first-order valence-electron chi connectivity index (χ1n) is 12.3. The highest BCUT2D eigenvalue weighted by atomic mass is 35.5. The number of ether oxygens (including phenoxy) is 1. The highest BCUT2D eigenvalue weighted by Gasteiger charge is 2.41. The zero-order chi connectivity index (χ0) is 25.1. The number of esters is 1. The quantitative estimate of drug-likeness (QED) is 0.395. The fourth-order valence-corrected chi connectivity index (χ4v) is 5.47. The summed E-state index contributed by atoms with van der Waals surface area (Å²) in [6.07, 6.45) is 1.73. The lowest BCUT2D eigenvalue weighted by Crippen LogP contribution is -2.36. The van der Waals surface area contributed by atoms with Gasteiger partial charge in [-0.2, -0.15) is 0 Å². The maximum absolute atomic E-state index is 13.6. The van der Waals surface area contributed by atoms with Gasteiger partial charge in [0.15, 0.2) is 5.78 Å². The predicted molar refractivity (Wildman–Crippen MR) is 142 cm³/mol. The fraction of sp³-hybridized carbons (Fsp3) is 0.226. The number of hydrogen-bond acceptors (Lipinski definition) is 4. The van der Waals surface area contributed by atoms with E-state index in [1.54, 1.807) is 6.07 Å². The topological polar surface area (TPSA) is 55.4 Å². The molecule has 3 aromatic carbocycles. The van der Waals surface area contributed by atoms with Crippen molar-refractivity contribution < 1.29 is 14.3 Å². The van der Waals surface area contributed by atoms with E-state index < -0.39 is 11.9 Å². The number of dihydropyridines is 1. The highest BCUT2D eigenvalue weighted by molar-refractivity contribution is 6.30. The first kappa shape index (κ1) is 24.1. The fourth-order valence-electron chi connectivity index (χ4n) is 5.27. The van der Waals surface area contributed by atoms with Crippen LogP contribution in [0.4, 0.5) is 0 Å². The molecule has 0 radical (unpaired) electrons. The van der Waals surface area contributed by atoms with Crippen LogP contribution in [0.5, 0.6) is 0 Å². The van der Waals surface area contributed by atoms with Gasteiger partial charge in [0.1, 0.15) is 0 Å². The average molecular weight is 498 g/mol. The molecule has 1 aliphatic carbocycles. The van der Waals surface area contributed by atoms with Crippen LogP contribution >= 0.6 is 11.6 Å². The van der Waals surface area contributed by atoms with Crippen LogP contribution in [0.2, 0.25) is 5.02 Å². The molecule has 0 saturated heterocycles. The molecule has 0 aromatic heterocycles. The Hall–Kier alpha value is -3.63. The number of carbonyl (C=O) groups excluding carboxylic acids is 2. The van der Waals surface area contributed by atoms with E-state index in [-0.39, 0.29) is 18.3 Å². The monoisotopic (exact) mass is 497 g/mol.